The number of carbonyl (C=O) groups excluding carboxylic acids is 6. The van der Waals surface area contributed by atoms with E-state index >= 15 is 17.6 Å². The van der Waals surface area contributed by atoms with Gasteiger partial charge in [-0.2, -0.15) is 0 Å². The Hall–Kier alpha value is -5.97. The van der Waals surface area contributed by atoms with Crippen LogP contribution in [0.1, 0.15) is 157 Å². The quantitative estimate of drug-likeness (QED) is 0.143. The van der Waals surface area contributed by atoms with Gasteiger partial charge in [-0.25, -0.2) is 59.7 Å². The van der Waals surface area contributed by atoms with Gasteiger partial charge in [-0.05, 0) is 135 Å². The SMILES string of the molecule is COc1ccc2nc3c(nc2c1)O[C@H]1CN(C(=O)[C@H](C(C)(C)C)NC(=O)O[C@@H]2CC4CC4[C@H]2CCCC(F)C3F)[C@H]([C-]=O)[C@@H]1C.COc1ccc2nc3c(nc2c1)O[C@H]1CN(C(=O)[C@H](C(C)(C)C)NC(=O)O[C@]2(C)CCC[C@H]2CCCC(F)C3F)[C@H]([C-]=O)[C@@H]1C.[V].[V]. The van der Waals surface area contributed by atoms with Crippen LogP contribution < -0.4 is 29.6 Å². The molecule has 7 aliphatic rings. The standard InChI is InChI=1S/C33H41F2N4O6.C33H43F2N4O6.2V/c1-16-24(15-40)39-14-26(16)44-30-28(36-22-10-9-18(43-5)13-23(22)37-30)27(35)21(34)8-6-7-19-20-11-17(20)12-25(19)45-32(42)38-29(31(39)41)33(2,3)4;1-18-24(17-40)39-16-25(18)44-29-27(36-22-13-12-20(43-6)15-23(22)37-29)26(35)21(34)11-7-9-19-10-8-14-33(19,5)45-31(42)38-28(30(39)41)32(2,3)4;;/h9-10,13,16-17,19-21,24-27,29H,6-8,11-12,14H2,1-5H3,(H,38,42);12-13,15,18-19,21,24-26,28H,7-11,14,16H2,1-6H3,(H,38,42);;/q2*-1;;/t16-,17?,19+,20?,21?,24+,25+,26-,27?,29+;18-,19+,21?,24+,25-,26?,28+,33+;;/m00../s1. The molecule has 6 heterocycles. The number of aromatic nitrogens is 4. The predicted molar refractivity (Wildman–Crippen MR) is 322 cm³/mol. The van der Waals surface area contributed by atoms with Crippen LogP contribution in [0, 0.1) is 46.3 Å². The minimum atomic E-state index is -2.14. The molecule has 2 radical (unpaired) electrons. The van der Waals surface area contributed by atoms with Gasteiger partial charge >= 0.3 is 12.2 Å². The maximum absolute atomic E-state index is 16.0. The Bertz CT molecular complexity index is 3240. The molecule has 3 saturated carbocycles. The second-order valence-corrected chi connectivity index (χ2v) is 28.1. The smallest absolute Gasteiger partial charge is 0.408 e. The molecule has 11 rings (SSSR count). The Morgan fingerprint density at radius 3 is 1.50 bits per heavy atom. The summed E-state index contributed by atoms with van der Waals surface area (Å²) in [7, 11) is 3.00. The first-order valence-electron chi connectivity index (χ1n) is 31.6. The number of hydrogen-bond donors (Lipinski definition) is 2. The molecule has 20 nitrogen and oxygen atoms in total. The average Bonchev–Trinajstić information content (AvgIpc) is 1.55. The normalized spacial score (nSPS) is 33.7. The number of halogens is 4. The molecule has 2 saturated heterocycles. The molecule has 500 valence electrons. The predicted octanol–water partition coefficient (Wildman–Crippen LogP) is 10.6. The molecule has 2 aromatic carbocycles. The zero-order valence-corrected chi connectivity index (χ0v) is 56.8. The van der Waals surface area contributed by atoms with Gasteiger partial charge in [-0.15, -0.1) is 0 Å². The monoisotopic (exact) mass is 1360 g/mol. The number of ether oxygens (including phenoxy) is 6. The molecule has 18 atom stereocenters. The summed E-state index contributed by atoms with van der Waals surface area (Å²) >= 11 is 0. The maximum Gasteiger partial charge on any atom is 0.408 e. The first kappa shape index (κ1) is 71.9. The summed E-state index contributed by atoms with van der Waals surface area (Å²) in [5, 5.41) is 5.57. The number of benzene rings is 2. The number of hydrogen-bond acceptors (Lipinski definition) is 16. The molecule has 2 aromatic heterocycles. The van der Waals surface area contributed by atoms with Gasteiger partial charge in [0.25, 0.3) is 0 Å². The van der Waals surface area contributed by atoms with Gasteiger partial charge in [0.2, 0.25) is 23.6 Å². The fourth-order valence-electron chi connectivity index (χ4n) is 14.3. The molecule has 92 heavy (non-hydrogen) atoms. The maximum atomic E-state index is 16.0. The molecule has 3 aliphatic carbocycles. The van der Waals surface area contributed by atoms with Crippen molar-refractivity contribution in [3.8, 4) is 23.3 Å². The van der Waals surface area contributed by atoms with E-state index in [-0.39, 0.29) is 104 Å². The third-order valence-electron chi connectivity index (χ3n) is 19.8. The molecule has 4 amide bonds. The van der Waals surface area contributed by atoms with Gasteiger partial charge in [0.15, 0.2) is 12.3 Å². The number of nitrogens with one attached hydrogen (secondary N) is 2. The van der Waals surface area contributed by atoms with E-state index in [0.717, 1.165) is 19.3 Å². The fraction of sp³-hybridized carbons (Fsp3) is 0.667. The molecule has 2 N–H and O–H groups in total. The number of carbonyl (C=O) groups is 4. The summed E-state index contributed by atoms with van der Waals surface area (Å²) in [4.78, 5) is 99.7. The van der Waals surface area contributed by atoms with Crippen molar-refractivity contribution < 1.29 is 112 Å². The topological polar surface area (TPSA) is 240 Å². The van der Waals surface area contributed by atoms with Crippen molar-refractivity contribution in [1.82, 2.24) is 40.4 Å². The Labute approximate surface area is 558 Å². The van der Waals surface area contributed by atoms with Crippen LogP contribution in [0.25, 0.3) is 22.1 Å². The molecule has 4 aliphatic heterocycles. The first-order chi connectivity index (χ1) is 42.6. The van der Waals surface area contributed by atoms with Crippen LogP contribution >= 0.6 is 0 Å². The second kappa shape index (κ2) is 28.9. The second-order valence-electron chi connectivity index (χ2n) is 28.1. The fourth-order valence-corrected chi connectivity index (χ4v) is 14.3. The molecule has 4 bridgehead atoms. The number of nitrogens with zero attached hydrogens (tertiary/aromatic N) is 6. The van der Waals surface area contributed by atoms with Gasteiger partial charge in [-0.1, -0.05) is 80.3 Å². The number of alkyl carbamates (subject to hydrolysis) is 2. The van der Waals surface area contributed by atoms with E-state index in [0.29, 0.717) is 83.9 Å². The molecule has 5 fully saturated rings. The number of rotatable bonds is 4. The Kier molecular flexibility index (Phi) is 22.6. The van der Waals surface area contributed by atoms with E-state index in [4.69, 9.17) is 28.4 Å². The summed E-state index contributed by atoms with van der Waals surface area (Å²) in [6.45, 7) is 16.1. The van der Waals surface area contributed by atoms with Crippen LogP contribution in [0.5, 0.6) is 23.3 Å². The number of methoxy groups -OCH3 is 2. The van der Waals surface area contributed by atoms with Crippen molar-refractivity contribution in [3.05, 3.63) is 47.8 Å². The molecule has 26 heteroatoms. The number of alkyl halides is 4. The molecular weight excluding hydrogens is 1270 g/mol. The minimum absolute atomic E-state index is 0. The Morgan fingerprint density at radius 1 is 0.587 bits per heavy atom. The summed E-state index contributed by atoms with van der Waals surface area (Å²) in [6.07, 6.45) is -1.81. The van der Waals surface area contributed by atoms with E-state index < -0.39 is 113 Å². The number of amides is 4. The summed E-state index contributed by atoms with van der Waals surface area (Å²) in [5.74, 6) is -0.737. The van der Waals surface area contributed by atoms with Crippen molar-refractivity contribution in [3.63, 3.8) is 0 Å². The van der Waals surface area contributed by atoms with Crippen molar-refractivity contribution in [2.75, 3.05) is 27.3 Å². The van der Waals surface area contributed by atoms with Crippen LogP contribution in [0.2, 0.25) is 0 Å². The minimum Gasteiger partial charge on any atom is -0.540 e. The van der Waals surface area contributed by atoms with Gasteiger partial charge in [0.1, 0.15) is 71.2 Å². The largest absolute Gasteiger partial charge is 0.540 e. The van der Waals surface area contributed by atoms with E-state index in [9.17, 15) is 28.8 Å². The van der Waals surface area contributed by atoms with Crippen LogP contribution in [-0.2, 0) is 65.8 Å². The van der Waals surface area contributed by atoms with E-state index in [1.807, 2.05) is 61.0 Å². The summed E-state index contributed by atoms with van der Waals surface area (Å²) < 4.78 is 98.1. The molecule has 4 aromatic rings. The van der Waals surface area contributed by atoms with Gasteiger partial charge in [0, 0.05) is 49.2 Å². The molecular formula is C66H84F4N8O12V2-2. The average molecular weight is 1360 g/mol. The van der Waals surface area contributed by atoms with Crippen LogP contribution in [-0.4, -0.2) is 154 Å². The zero-order valence-electron chi connectivity index (χ0n) is 54.0. The van der Waals surface area contributed by atoms with Gasteiger partial charge in [-0.3, -0.25) is 9.59 Å². The van der Waals surface area contributed by atoms with Crippen molar-refractivity contribution in [2.45, 2.75) is 206 Å². The Morgan fingerprint density at radius 2 is 1.04 bits per heavy atom. The van der Waals surface area contributed by atoms with Crippen molar-refractivity contribution in [2.24, 2.45) is 46.3 Å². The van der Waals surface area contributed by atoms with Crippen molar-refractivity contribution >= 4 is 58.6 Å². The van der Waals surface area contributed by atoms with Crippen LogP contribution in [0.4, 0.5) is 27.2 Å². The van der Waals surface area contributed by atoms with E-state index in [1.165, 1.54) is 24.0 Å². The van der Waals surface area contributed by atoms with Gasteiger partial charge in [0.05, 0.1) is 49.4 Å². The first-order valence-corrected chi connectivity index (χ1v) is 31.6. The van der Waals surface area contributed by atoms with E-state index in [1.54, 1.807) is 50.2 Å². The number of fused-ring (bicyclic) bond motifs is 12. The third kappa shape index (κ3) is 15.1. The van der Waals surface area contributed by atoms with E-state index in [2.05, 4.69) is 30.6 Å². The summed E-state index contributed by atoms with van der Waals surface area (Å²) in [6, 6.07) is 5.73. The van der Waals surface area contributed by atoms with Crippen LogP contribution in [0.3, 0.4) is 0 Å². The zero-order chi connectivity index (χ0) is 64.9. The van der Waals surface area contributed by atoms with Crippen molar-refractivity contribution in [1.29, 1.82) is 0 Å². The van der Waals surface area contributed by atoms with Gasteiger partial charge < -0.3 is 58.4 Å². The molecule has 6 unspecified atom stereocenters. The Balaban J connectivity index is 0.000000232. The summed E-state index contributed by atoms with van der Waals surface area (Å²) in [5.41, 5.74) is -1.43. The van der Waals surface area contributed by atoms with Crippen LogP contribution in [0.15, 0.2) is 36.4 Å². The third-order valence-corrected chi connectivity index (χ3v) is 19.8. The molecule has 0 spiro atoms.